The van der Waals surface area contributed by atoms with E-state index in [1.54, 1.807) is 14.2 Å². The van der Waals surface area contributed by atoms with Gasteiger partial charge in [-0.1, -0.05) is 18.2 Å². The smallest absolute Gasteiger partial charge is 0.161 e. The van der Waals surface area contributed by atoms with Crippen molar-refractivity contribution in [1.82, 2.24) is 9.76 Å². The van der Waals surface area contributed by atoms with Crippen LogP contribution in [0.1, 0.15) is 23.6 Å². The van der Waals surface area contributed by atoms with Gasteiger partial charge in [0.15, 0.2) is 11.5 Å². The number of hydrogen-bond acceptors (Lipinski definition) is 5. The molecule has 0 amide bonds. The number of nitrogens with one attached hydrogen (secondary N) is 1. The van der Waals surface area contributed by atoms with E-state index in [1.807, 2.05) is 30.3 Å². The Morgan fingerprint density at radius 2 is 1.84 bits per heavy atom. The number of hydrogen-bond donors (Lipinski definition) is 1. The minimum atomic E-state index is -2.78. The normalized spacial score (nSPS) is 25.8. The van der Waals surface area contributed by atoms with Gasteiger partial charge >= 0.3 is 0 Å². The monoisotopic (exact) mass is 358 g/mol. The lowest BCUT2D eigenvalue weighted by Crippen LogP contribution is -2.53. The van der Waals surface area contributed by atoms with Gasteiger partial charge in [-0.05, 0) is 48.2 Å². The topological polar surface area (TPSA) is 56.8 Å². The quantitative estimate of drug-likeness (QED) is 0.851. The fraction of sp³-hybridized carbons (Fsp3) is 0.368. The van der Waals surface area contributed by atoms with Gasteiger partial charge in [-0.3, -0.25) is 0 Å². The van der Waals surface area contributed by atoms with E-state index in [9.17, 15) is 4.89 Å². The maximum Gasteiger partial charge on any atom is 0.161 e. The summed E-state index contributed by atoms with van der Waals surface area (Å²) in [5.41, 5.74) is 2.47. The van der Waals surface area contributed by atoms with Crippen LogP contribution in [-0.4, -0.2) is 32.0 Å². The van der Waals surface area contributed by atoms with Gasteiger partial charge < -0.3 is 14.4 Å². The molecule has 2 atom stereocenters. The van der Waals surface area contributed by atoms with Gasteiger partial charge in [-0.15, -0.1) is 0 Å². The number of ether oxygens (including phenoxy) is 2. The van der Waals surface area contributed by atoms with Crippen molar-refractivity contribution in [2.45, 2.75) is 18.9 Å². The molecule has 1 saturated heterocycles. The minimum Gasteiger partial charge on any atom is -0.647 e. The molecule has 2 aromatic rings. The predicted molar refractivity (Wildman–Crippen MR) is 98.3 cm³/mol. The van der Waals surface area contributed by atoms with Gasteiger partial charge in [0, 0.05) is 13.1 Å². The number of fused-ring (bicyclic) bond motifs is 3. The van der Waals surface area contributed by atoms with Crippen LogP contribution >= 0.6 is 7.79 Å². The molecule has 2 heterocycles. The van der Waals surface area contributed by atoms with Crippen molar-refractivity contribution in [2.24, 2.45) is 0 Å². The fourth-order valence-electron chi connectivity index (χ4n) is 3.97. The molecule has 1 unspecified atom stereocenters. The van der Waals surface area contributed by atoms with Crippen LogP contribution in [0, 0.1) is 0 Å². The average Bonchev–Trinajstić information content (AvgIpc) is 2.67. The first-order chi connectivity index (χ1) is 12.2. The lowest BCUT2D eigenvalue weighted by atomic mass is 9.91. The van der Waals surface area contributed by atoms with Crippen LogP contribution < -0.4 is 24.8 Å². The van der Waals surface area contributed by atoms with Crippen molar-refractivity contribution >= 4 is 13.1 Å². The molecular weight excluding hydrogens is 335 g/mol. The third kappa shape index (κ3) is 2.72. The fourth-order valence-corrected chi connectivity index (χ4v) is 6.65. The second-order valence-corrected chi connectivity index (χ2v) is 8.94. The Hall–Kier alpha value is -1.65. The summed E-state index contributed by atoms with van der Waals surface area (Å²) in [5.74, 6) is 1.49. The standard InChI is InChI=1S/C19H23N2O3P/c1-23-18-12-14-9-11-21-17(16(14)13-19(18)24-2)8-10-20-25(21,22)15-6-4-3-5-7-15/h3-7,12-13,17H,8-11H2,1-2H3,(H,20,22)/t17-,25?/m1/s1. The van der Waals surface area contributed by atoms with E-state index in [1.165, 1.54) is 11.1 Å². The van der Waals surface area contributed by atoms with Crippen LogP contribution in [0.15, 0.2) is 42.5 Å². The maximum absolute atomic E-state index is 13.8. The van der Waals surface area contributed by atoms with Crippen LogP contribution in [0.2, 0.25) is 0 Å². The van der Waals surface area contributed by atoms with E-state index >= 15 is 0 Å². The molecular formula is C19H23N2O3P. The molecule has 0 spiro atoms. The zero-order valence-electron chi connectivity index (χ0n) is 14.6. The molecule has 0 aromatic heterocycles. The summed E-state index contributed by atoms with van der Waals surface area (Å²) in [4.78, 5) is 13.8. The van der Waals surface area contributed by atoms with Crippen LogP contribution in [0.25, 0.3) is 0 Å². The number of methoxy groups -OCH3 is 2. The molecule has 0 bridgehead atoms. The number of rotatable bonds is 3. The Bertz CT molecular complexity index is 771. The molecule has 1 fully saturated rings. The molecule has 4 rings (SSSR count). The van der Waals surface area contributed by atoms with Gasteiger partial charge in [0.2, 0.25) is 0 Å². The molecule has 0 aliphatic carbocycles. The second kappa shape index (κ2) is 6.58. The van der Waals surface area contributed by atoms with E-state index in [0.29, 0.717) is 0 Å². The molecule has 1 N–H and O–H groups in total. The Morgan fingerprint density at radius 3 is 2.56 bits per heavy atom. The molecule has 5 nitrogen and oxygen atoms in total. The van der Waals surface area contributed by atoms with Crippen LogP contribution in [0.4, 0.5) is 0 Å². The first-order valence-corrected chi connectivity index (χ1v) is 10.3. The predicted octanol–water partition coefficient (Wildman–Crippen LogP) is 2.04. The summed E-state index contributed by atoms with van der Waals surface area (Å²) < 4.78 is 13.1. The van der Waals surface area contributed by atoms with Gasteiger partial charge in [-0.2, -0.15) is 9.76 Å². The van der Waals surface area contributed by atoms with Crippen LogP contribution in [-0.2, 0) is 6.42 Å². The molecule has 6 heteroatoms. The van der Waals surface area contributed by atoms with Crippen molar-refractivity contribution in [3.63, 3.8) is 0 Å². The van der Waals surface area contributed by atoms with Gasteiger partial charge in [0.1, 0.15) is 13.1 Å². The van der Waals surface area contributed by atoms with E-state index in [4.69, 9.17) is 9.47 Å². The van der Waals surface area contributed by atoms with E-state index in [0.717, 1.165) is 42.7 Å². The lowest BCUT2D eigenvalue weighted by Gasteiger charge is -2.49. The van der Waals surface area contributed by atoms with Crippen molar-refractivity contribution in [2.75, 3.05) is 27.3 Å². The largest absolute Gasteiger partial charge is 0.647 e. The van der Waals surface area contributed by atoms with E-state index in [-0.39, 0.29) is 6.04 Å². The minimum absolute atomic E-state index is 0.135. The highest BCUT2D eigenvalue weighted by Gasteiger charge is 2.47. The Balaban J connectivity index is 1.76. The SMILES string of the molecule is COc1cc2c(cc1OC)[C@H]1CCN[P+]([O-])(c3ccccc3)N1CC2. The highest BCUT2D eigenvalue weighted by atomic mass is 31.2. The lowest BCUT2D eigenvalue weighted by molar-refractivity contribution is -0.186. The van der Waals surface area contributed by atoms with Crippen LogP contribution in [0.5, 0.6) is 11.5 Å². The highest BCUT2D eigenvalue weighted by molar-refractivity contribution is 7.72. The Labute approximate surface area is 149 Å². The molecule has 132 valence electrons. The second-order valence-electron chi connectivity index (χ2n) is 6.44. The molecule has 2 aliphatic heterocycles. The van der Waals surface area contributed by atoms with E-state index in [2.05, 4.69) is 21.9 Å². The molecule has 2 aromatic carbocycles. The Morgan fingerprint density at radius 1 is 1.12 bits per heavy atom. The Kier molecular flexibility index (Phi) is 4.42. The van der Waals surface area contributed by atoms with Gasteiger partial charge in [0.25, 0.3) is 0 Å². The van der Waals surface area contributed by atoms with Crippen LogP contribution in [0.3, 0.4) is 0 Å². The van der Waals surface area contributed by atoms with Gasteiger partial charge in [-0.25, -0.2) is 0 Å². The van der Waals surface area contributed by atoms with Crippen molar-refractivity contribution < 1.29 is 14.4 Å². The third-order valence-corrected chi connectivity index (χ3v) is 8.04. The summed E-state index contributed by atoms with van der Waals surface area (Å²) in [5, 5.41) is 4.20. The molecule has 0 saturated carbocycles. The van der Waals surface area contributed by atoms with Crippen molar-refractivity contribution in [1.29, 1.82) is 0 Å². The first-order valence-electron chi connectivity index (χ1n) is 8.60. The summed E-state index contributed by atoms with van der Waals surface area (Å²) >= 11 is 0. The first kappa shape index (κ1) is 16.8. The summed E-state index contributed by atoms with van der Waals surface area (Å²) in [7, 11) is 0.531. The van der Waals surface area contributed by atoms with Crippen molar-refractivity contribution in [3.8, 4) is 11.5 Å². The number of benzene rings is 2. The highest BCUT2D eigenvalue weighted by Crippen LogP contribution is 2.58. The van der Waals surface area contributed by atoms with E-state index < -0.39 is 7.79 Å². The maximum atomic E-state index is 13.8. The summed E-state index contributed by atoms with van der Waals surface area (Å²) in [6, 6.07) is 14.0. The zero-order valence-corrected chi connectivity index (χ0v) is 15.5. The summed E-state index contributed by atoms with van der Waals surface area (Å²) in [6.07, 6.45) is 1.78. The third-order valence-electron chi connectivity index (χ3n) is 5.19. The zero-order chi connectivity index (χ0) is 17.4. The van der Waals surface area contributed by atoms with Gasteiger partial charge in [0.05, 0.1) is 20.3 Å². The molecule has 0 radical (unpaired) electrons. The molecule has 2 aliphatic rings. The summed E-state index contributed by atoms with van der Waals surface area (Å²) in [6.45, 7) is 1.51. The van der Waals surface area contributed by atoms with Crippen molar-refractivity contribution in [3.05, 3.63) is 53.6 Å². The molecule has 25 heavy (non-hydrogen) atoms. The average molecular weight is 358 g/mol. The number of nitrogens with zero attached hydrogens (tertiary/aromatic N) is 1.